The van der Waals surface area contributed by atoms with E-state index in [9.17, 15) is 9.90 Å². The lowest BCUT2D eigenvalue weighted by Crippen LogP contribution is -2.60. The topological polar surface area (TPSA) is 49.8 Å². The van der Waals surface area contributed by atoms with Gasteiger partial charge in [0.15, 0.2) is 0 Å². The van der Waals surface area contributed by atoms with Gasteiger partial charge in [0.05, 0.1) is 18.1 Å². The molecule has 126 valence electrons. The zero-order valence-electron chi connectivity index (χ0n) is 14.3. The minimum atomic E-state index is -0.574. The quantitative estimate of drug-likeness (QED) is 0.911. The van der Waals surface area contributed by atoms with Gasteiger partial charge in [0, 0.05) is 13.2 Å². The predicted octanol–water partition coefficient (Wildman–Crippen LogP) is 2.42. The fraction of sp³-hybridized carbons (Fsp3) is 0.632. The Morgan fingerprint density at radius 1 is 1.35 bits per heavy atom. The number of benzene rings is 1. The molecular formula is C19H27NO3. The molecule has 0 unspecified atom stereocenters. The maximum Gasteiger partial charge on any atom is 0.232 e. The molecule has 2 heterocycles. The Labute approximate surface area is 138 Å². The molecular weight excluding hydrogens is 290 g/mol. The summed E-state index contributed by atoms with van der Waals surface area (Å²) in [4.78, 5) is 15.0. The zero-order chi connectivity index (χ0) is 16.7. The van der Waals surface area contributed by atoms with Gasteiger partial charge >= 0.3 is 0 Å². The first-order valence-corrected chi connectivity index (χ1v) is 8.54. The average molecular weight is 317 g/mol. The Morgan fingerprint density at radius 3 is 2.65 bits per heavy atom. The minimum absolute atomic E-state index is 0.114. The number of piperidine rings is 1. The minimum Gasteiger partial charge on any atom is -0.390 e. The molecule has 2 aliphatic rings. The maximum absolute atomic E-state index is 13.1. The van der Waals surface area contributed by atoms with Crippen LogP contribution in [0.5, 0.6) is 0 Å². The average Bonchev–Trinajstić information content (AvgIpc) is 2.99. The third kappa shape index (κ3) is 2.90. The van der Waals surface area contributed by atoms with Gasteiger partial charge in [-0.1, -0.05) is 29.8 Å². The van der Waals surface area contributed by atoms with E-state index in [1.165, 1.54) is 5.56 Å². The van der Waals surface area contributed by atoms with Gasteiger partial charge in [-0.15, -0.1) is 0 Å². The Bertz CT molecular complexity index is 573. The van der Waals surface area contributed by atoms with E-state index < -0.39 is 17.1 Å². The molecule has 3 rings (SSSR count). The Kier molecular flexibility index (Phi) is 4.23. The standard InChI is InChI=1S/C19H27NO3/c1-14-5-7-15(8-6-14)18(2,3)17(22)20-11-9-16(21)19(13-20)10-4-12-23-19/h5-8,16,21H,4,9-13H2,1-3H3/t16-,19-/m0/s1. The second-order valence-electron chi connectivity index (χ2n) is 7.54. The fourth-order valence-corrected chi connectivity index (χ4v) is 3.82. The van der Waals surface area contributed by atoms with Crippen molar-refractivity contribution in [3.8, 4) is 0 Å². The van der Waals surface area contributed by atoms with Crippen molar-refractivity contribution in [1.82, 2.24) is 4.90 Å². The van der Waals surface area contributed by atoms with Crippen LogP contribution in [0.1, 0.15) is 44.2 Å². The van der Waals surface area contributed by atoms with Crippen LogP contribution in [0.2, 0.25) is 0 Å². The van der Waals surface area contributed by atoms with Crippen LogP contribution in [-0.2, 0) is 14.9 Å². The summed E-state index contributed by atoms with van der Waals surface area (Å²) in [7, 11) is 0. The van der Waals surface area contributed by atoms with Crippen molar-refractivity contribution in [3.05, 3.63) is 35.4 Å². The van der Waals surface area contributed by atoms with E-state index in [1.807, 2.05) is 49.9 Å². The second kappa shape index (κ2) is 5.91. The molecule has 1 aromatic carbocycles. The zero-order valence-corrected chi connectivity index (χ0v) is 14.3. The molecule has 2 atom stereocenters. The number of aliphatic hydroxyl groups is 1. The van der Waals surface area contributed by atoms with Crippen molar-refractivity contribution >= 4 is 5.91 Å². The monoisotopic (exact) mass is 317 g/mol. The Balaban J connectivity index is 1.80. The van der Waals surface area contributed by atoms with E-state index in [0.717, 1.165) is 18.4 Å². The van der Waals surface area contributed by atoms with Crippen molar-refractivity contribution < 1.29 is 14.6 Å². The molecule has 0 saturated carbocycles. The number of rotatable bonds is 2. The molecule has 1 N–H and O–H groups in total. The first kappa shape index (κ1) is 16.5. The number of likely N-dealkylation sites (tertiary alicyclic amines) is 1. The number of amides is 1. The van der Waals surface area contributed by atoms with Crippen LogP contribution in [-0.4, -0.2) is 47.3 Å². The number of carbonyl (C=O) groups excluding carboxylic acids is 1. The highest BCUT2D eigenvalue weighted by atomic mass is 16.5. The van der Waals surface area contributed by atoms with Crippen molar-refractivity contribution in [1.29, 1.82) is 0 Å². The lowest BCUT2D eigenvalue weighted by Gasteiger charge is -2.45. The maximum atomic E-state index is 13.1. The molecule has 0 aliphatic carbocycles. The van der Waals surface area contributed by atoms with Crippen molar-refractivity contribution in [2.75, 3.05) is 19.7 Å². The first-order chi connectivity index (χ1) is 10.8. The van der Waals surface area contributed by atoms with Gasteiger partial charge < -0.3 is 14.7 Å². The van der Waals surface area contributed by atoms with E-state index in [1.54, 1.807) is 0 Å². The normalized spacial score (nSPS) is 28.3. The van der Waals surface area contributed by atoms with Crippen LogP contribution in [0.3, 0.4) is 0 Å². The van der Waals surface area contributed by atoms with E-state index in [0.29, 0.717) is 26.1 Å². The number of hydrogen-bond donors (Lipinski definition) is 1. The van der Waals surface area contributed by atoms with Gasteiger partial charge in [-0.2, -0.15) is 0 Å². The summed E-state index contributed by atoms with van der Waals surface area (Å²) in [5.41, 5.74) is 1.10. The molecule has 2 aliphatic heterocycles. The van der Waals surface area contributed by atoms with E-state index in [4.69, 9.17) is 4.74 Å². The largest absolute Gasteiger partial charge is 0.390 e. The summed E-state index contributed by atoms with van der Waals surface area (Å²) >= 11 is 0. The molecule has 2 saturated heterocycles. The van der Waals surface area contributed by atoms with Crippen LogP contribution in [0, 0.1) is 6.92 Å². The summed E-state index contributed by atoms with van der Waals surface area (Å²) in [6.45, 7) is 7.79. The van der Waals surface area contributed by atoms with Gasteiger partial charge in [-0.3, -0.25) is 4.79 Å². The smallest absolute Gasteiger partial charge is 0.232 e. The van der Waals surface area contributed by atoms with E-state index in [2.05, 4.69) is 0 Å². The van der Waals surface area contributed by atoms with Crippen LogP contribution in [0.4, 0.5) is 0 Å². The Hall–Kier alpha value is -1.39. The highest BCUT2D eigenvalue weighted by molar-refractivity contribution is 5.87. The summed E-state index contributed by atoms with van der Waals surface area (Å²) in [6, 6.07) is 8.17. The second-order valence-corrected chi connectivity index (χ2v) is 7.54. The molecule has 0 aromatic heterocycles. The number of ether oxygens (including phenoxy) is 1. The molecule has 4 nitrogen and oxygen atoms in total. The van der Waals surface area contributed by atoms with Gasteiger partial charge in [0.25, 0.3) is 0 Å². The molecule has 1 aromatic rings. The summed E-state index contributed by atoms with van der Waals surface area (Å²) < 4.78 is 5.86. The molecule has 1 amide bonds. The number of carbonyl (C=O) groups is 1. The van der Waals surface area contributed by atoms with Gasteiger partial charge in [0.2, 0.25) is 5.91 Å². The summed E-state index contributed by atoms with van der Waals surface area (Å²) in [5.74, 6) is 0.114. The molecule has 4 heteroatoms. The van der Waals surface area contributed by atoms with Gasteiger partial charge in [-0.05, 0) is 45.6 Å². The fourth-order valence-electron chi connectivity index (χ4n) is 3.82. The van der Waals surface area contributed by atoms with Gasteiger partial charge in [-0.25, -0.2) is 0 Å². The number of aryl methyl sites for hydroxylation is 1. The van der Waals surface area contributed by atoms with Crippen molar-refractivity contribution in [3.63, 3.8) is 0 Å². The van der Waals surface area contributed by atoms with Crippen LogP contribution < -0.4 is 0 Å². The molecule has 23 heavy (non-hydrogen) atoms. The third-order valence-corrected chi connectivity index (χ3v) is 5.47. The molecule has 1 spiro atoms. The lowest BCUT2D eigenvalue weighted by atomic mass is 9.80. The lowest BCUT2D eigenvalue weighted by molar-refractivity contribution is -0.158. The molecule has 2 fully saturated rings. The highest BCUT2D eigenvalue weighted by Crippen LogP contribution is 2.36. The molecule has 0 bridgehead atoms. The number of nitrogens with zero attached hydrogens (tertiary/aromatic N) is 1. The summed E-state index contributed by atoms with van der Waals surface area (Å²) in [6.07, 6.45) is 1.93. The number of hydrogen-bond acceptors (Lipinski definition) is 3. The van der Waals surface area contributed by atoms with Crippen LogP contribution in [0.25, 0.3) is 0 Å². The Morgan fingerprint density at radius 2 is 2.04 bits per heavy atom. The third-order valence-electron chi connectivity index (χ3n) is 5.47. The van der Waals surface area contributed by atoms with Crippen molar-refractivity contribution in [2.45, 2.75) is 57.2 Å². The molecule has 0 radical (unpaired) electrons. The highest BCUT2D eigenvalue weighted by Gasteiger charge is 2.48. The SMILES string of the molecule is Cc1ccc(C(C)(C)C(=O)N2CC[C@H](O)[C@]3(CCCO3)C2)cc1. The van der Waals surface area contributed by atoms with E-state index >= 15 is 0 Å². The van der Waals surface area contributed by atoms with Crippen molar-refractivity contribution in [2.24, 2.45) is 0 Å². The van der Waals surface area contributed by atoms with Gasteiger partial charge in [0.1, 0.15) is 5.60 Å². The predicted molar refractivity (Wildman–Crippen MR) is 89.3 cm³/mol. The number of aliphatic hydroxyl groups excluding tert-OH is 1. The van der Waals surface area contributed by atoms with E-state index in [-0.39, 0.29) is 5.91 Å². The first-order valence-electron chi connectivity index (χ1n) is 8.54. The van der Waals surface area contributed by atoms with Crippen LogP contribution >= 0.6 is 0 Å². The summed E-state index contributed by atoms with van der Waals surface area (Å²) in [5, 5.41) is 10.3. The van der Waals surface area contributed by atoms with Crippen LogP contribution in [0.15, 0.2) is 24.3 Å².